The highest BCUT2D eigenvalue weighted by Crippen LogP contribution is 2.03. The van der Waals surface area contributed by atoms with Crippen molar-refractivity contribution in [2.24, 2.45) is 0 Å². The minimum atomic E-state index is -0.383. The van der Waals surface area contributed by atoms with Gasteiger partial charge >= 0.3 is 5.97 Å². The fraction of sp³-hybridized carbons (Fsp3) is 0.167. The van der Waals surface area contributed by atoms with Crippen LogP contribution in [0.3, 0.4) is 0 Å². The van der Waals surface area contributed by atoms with E-state index < -0.39 is 0 Å². The molecule has 0 N–H and O–H groups in total. The zero-order valence-electron chi connectivity index (χ0n) is 8.32. The number of hydrogen-bond acceptors (Lipinski definition) is 3. The van der Waals surface area contributed by atoms with Crippen molar-refractivity contribution in [2.45, 2.75) is 6.42 Å². The lowest BCUT2D eigenvalue weighted by Gasteiger charge is -1.94. The summed E-state index contributed by atoms with van der Waals surface area (Å²) < 4.78 is 4.43. The number of carbonyl (C=O) groups is 2. The molecule has 0 radical (unpaired) electrons. The molecular formula is C12H10O3. The molecule has 0 amide bonds. The molecule has 0 saturated carbocycles. The van der Waals surface area contributed by atoms with Crippen molar-refractivity contribution in [3.8, 4) is 11.8 Å². The van der Waals surface area contributed by atoms with E-state index >= 15 is 0 Å². The number of methoxy groups -OCH3 is 1. The van der Waals surface area contributed by atoms with E-state index in [9.17, 15) is 9.59 Å². The number of aldehydes is 1. The molecule has 1 aromatic rings. The number of rotatable bonds is 2. The molecule has 0 aliphatic rings. The zero-order valence-corrected chi connectivity index (χ0v) is 8.32. The van der Waals surface area contributed by atoms with Crippen LogP contribution in [0.4, 0.5) is 0 Å². The van der Waals surface area contributed by atoms with Crippen LogP contribution in [0, 0.1) is 11.8 Å². The lowest BCUT2D eigenvalue weighted by molar-refractivity contribution is -0.139. The van der Waals surface area contributed by atoms with Crippen molar-refractivity contribution >= 4 is 12.3 Å². The second-order valence-electron chi connectivity index (χ2n) is 2.76. The van der Waals surface area contributed by atoms with Gasteiger partial charge in [0.2, 0.25) is 0 Å². The standard InChI is InChI=1S/C12H10O3/c1-15-12(14)8-4-7-10-5-2-3-6-11(10)9-13/h2-3,5-6,9H,8H2,1H3. The van der Waals surface area contributed by atoms with E-state index in [1.165, 1.54) is 7.11 Å². The predicted octanol–water partition coefficient (Wildman–Crippen LogP) is 1.41. The molecule has 0 atom stereocenters. The molecule has 0 aliphatic heterocycles. The van der Waals surface area contributed by atoms with Crippen LogP contribution >= 0.6 is 0 Å². The number of esters is 1. The van der Waals surface area contributed by atoms with E-state index in [1.807, 2.05) is 0 Å². The summed E-state index contributed by atoms with van der Waals surface area (Å²) in [7, 11) is 1.31. The quantitative estimate of drug-likeness (QED) is 0.414. The van der Waals surface area contributed by atoms with Crippen molar-refractivity contribution in [3.63, 3.8) is 0 Å². The van der Waals surface area contributed by atoms with Crippen LogP contribution in [-0.4, -0.2) is 19.4 Å². The fourth-order valence-electron chi connectivity index (χ4n) is 0.997. The summed E-state index contributed by atoms with van der Waals surface area (Å²) in [5, 5.41) is 0. The summed E-state index contributed by atoms with van der Waals surface area (Å²) in [6, 6.07) is 6.95. The van der Waals surface area contributed by atoms with E-state index in [2.05, 4.69) is 16.6 Å². The minimum absolute atomic E-state index is 0.0314. The highest BCUT2D eigenvalue weighted by molar-refractivity contribution is 5.79. The molecule has 0 unspecified atom stereocenters. The third-order valence-corrected chi connectivity index (χ3v) is 1.77. The molecule has 1 aromatic carbocycles. The number of ether oxygens (including phenoxy) is 1. The van der Waals surface area contributed by atoms with Crippen molar-refractivity contribution in [2.75, 3.05) is 7.11 Å². The van der Waals surface area contributed by atoms with Crippen molar-refractivity contribution in [1.82, 2.24) is 0 Å². The van der Waals surface area contributed by atoms with Crippen LogP contribution in [0.5, 0.6) is 0 Å². The maximum absolute atomic E-state index is 10.8. The van der Waals surface area contributed by atoms with Gasteiger partial charge in [0.15, 0.2) is 6.29 Å². The van der Waals surface area contributed by atoms with Gasteiger partial charge in [-0.25, -0.2) is 0 Å². The SMILES string of the molecule is COC(=O)CC#Cc1ccccc1C=O. The normalized spacial score (nSPS) is 8.60. The molecular weight excluding hydrogens is 192 g/mol. The highest BCUT2D eigenvalue weighted by atomic mass is 16.5. The van der Waals surface area contributed by atoms with Gasteiger partial charge < -0.3 is 4.74 Å². The Morgan fingerprint density at radius 1 is 1.47 bits per heavy atom. The summed E-state index contributed by atoms with van der Waals surface area (Å²) in [6.07, 6.45) is 0.770. The van der Waals surface area contributed by atoms with Crippen molar-refractivity contribution in [1.29, 1.82) is 0 Å². The zero-order chi connectivity index (χ0) is 11.1. The highest BCUT2D eigenvalue weighted by Gasteiger charge is 1.97. The Morgan fingerprint density at radius 3 is 2.87 bits per heavy atom. The average molecular weight is 202 g/mol. The summed E-state index contributed by atoms with van der Waals surface area (Å²) in [4.78, 5) is 21.4. The lowest BCUT2D eigenvalue weighted by atomic mass is 10.1. The number of benzene rings is 1. The predicted molar refractivity (Wildman–Crippen MR) is 55.3 cm³/mol. The van der Waals surface area contributed by atoms with E-state index in [0.29, 0.717) is 11.1 Å². The Morgan fingerprint density at radius 2 is 2.20 bits per heavy atom. The Kier molecular flexibility index (Phi) is 4.11. The van der Waals surface area contributed by atoms with E-state index in [0.717, 1.165) is 6.29 Å². The summed E-state index contributed by atoms with van der Waals surface area (Å²) >= 11 is 0. The first-order valence-electron chi connectivity index (χ1n) is 4.38. The molecule has 3 heteroatoms. The van der Waals surface area contributed by atoms with Gasteiger partial charge in [-0.15, -0.1) is 0 Å². The van der Waals surface area contributed by atoms with Gasteiger partial charge in [0.1, 0.15) is 6.42 Å². The maximum Gasteiger partial charge on any atom is 0.317 e. The lowest BCUT2D eigenvalue weighted by Crippen LogP contribution is -1.97. The van der Waals surface area contributed by atoms with Crippen LogP contribution in [0.25, 0.3) is 0 Å². The summed E-state index contributed by atoms with van der Waals surface area (Å²) in [5.74, 6) is 5.01. The first-order chi connectivity index (χ1) is 7.27. The van der Waals surface area contributed by atoms with Gasteiger partial charge in [0.05, 0.1) is 7.11 Å². The van der Waals surface area contributed by atoms with Crippen LogP contribution in [0.1, 0.15) is 22.3 Å². The third kappa shape index (κ3) is 3.28. The summed E-state index contributed by atoms with van der Waals surface area (Å²) in [5.41, 5.74) is 1.14. The largest absolute Gasteiger partial charge is 0.468 e. The molecule has 0 spiro atoms. The van der Waals surface area contributed by atoms with Gasteiger partial charge in [-0.2, -0.15) is 0 Å². The fourth-order valence-corrected chi connectivity index (χ4v) is 0.997. The maximum atomic E-state index is 10.8. The second kappa shape index (κ2) is 5.61. The topological polar surface area (TPSA) is 43.4 Å². The molecule has 0 aliphatic carbocycles. The molecule has 0 fully saturated rings. The molecule has 0 heterocycles. The third-order valence-electron chi connectivity index (χ3n) is 1.77. The van der Waals surface area contributed by atoms with E-state index in [4.69, 9.17) is 0 Å². The number of carbonyl (C=O) groups excluding carboxylic acids is 2. The van der Waals surface area contributed by atoms with Crippen LogP contribution in [-0.2, 0) is 9.53 Å². The van der Waals surface area contributed by atoms with E-state index in [-0.39, 0.29) is 12.4 Å². The molecule has 0 aromatic heterocycles. The minimum Gasteiger partial charge on any atom is -0.468 e. The second-order valence-corrected chi connectivity index (χ2v) is 2.76. The molecule has 76 valence electrons. The Hall–Kier alpha value is -2.08. The van der Waals surface area contributed by atoms with Crippen LogP contribution in [0.2, 0.25) is 0 Å². The first-order valence-corrected chi connectivity index (χ1v) is 4.38. The molecule has 0 saturated heterocycles. The van der Waals surface area contributed by atoms with Crippen molar-refractivity contribution < 1.29 is 14.3 Å². The molecule has 15 heavy (non-hydrogen) atoms. The van der Waals surface area contributed by atoms with Gasteiger partial charge in [0, 0.05) is 11.1 Å². The van der Waals surface area contributed by atoms with Gasteiger partial charge in [0.25, 0.3) is 0 Å². The monoisotopic (exact) mass is 202 g/mol. The molecule has 0 bridgehead atoms. The Labute approximate surface area is 88.1 Å². The van der Waals surface area contributed by atoms with Gasteiger partial charge in [-0.1, -0.05) is 30.0 Å². The molecule has 3 nitrogen and oxygen atoms in total. The number of hydrogen-bond donors (Lipinski definition) is 0. The Balaban J connectivity index is 2.79. The van der Waals surface area contributed by atoms with Crippen LogP contribution in [0.15, 0.2) is 24.3 Å². The van der Waals surface area contributed by atoms with Crippen LogP contribution < -0.4 is 0 Å². The van der Waals surface area contributed by atoms with Crippen molar-refractivity contribution in [3.05, 3.63) is 35.4 Å². The van der Waals surface area contributed by atoms with E-state index in [1.54, 1.807) is 24.3 Å². The Bertz CT molecular complexity index is 424. The summed E-state index contributed by atoms with van der Waals surface area (Å²) in [6.45, 7) is 0. The van der Waals surface area contributed by atoms with Gasteiger partial charge in [-0.05, 0) is 6.07 Å². The average Bonchev–Trinajstić information content (AvgIpc) is 2.29. The molecule has 1 rings (SSSR count). The first kappa shape index (κ1) is 11.0. The van der Waals surface area contributed by atoms with Gasteiger partial charge in [-0.3, -0.25) is 9.59 Å². The smallest absolute Gasteiger partial charge is 0.317 e.